The van der Waals surface area contributed by atoms with Crippen LogP contribution >= 0.6 is 27.5 Å². The average Bonchev–Trinajstić information content (AvgIpc) is 2.48. The highest BCUT2D eigenvalue weighted by molar-refractivity contribution is 9.10. The molecule has 6 nitrogen and oxygen atoms in total. The lowest BCUT2D eigenvalue weighted by Crippen LogP contribution is -2.14. The lowest BCUT2D eigenvalue weighted by molar-refractivity contribution is -0.139. The lowest BCUT2D eigenvalue weighted by atomic mass is 10.3. The van der Waals surface area contributed by atoms with Crippen molar-refractivity contribution in [1.29, 1.82) is 0 Å². The number of anilines is 1. The number of hydrogen-bond donors (Lipinski definition) is 2. The van der Waals surface area contributed by atoms with Crippen LogP contribution in [0.3, 0.4) is 0 Å². The minimum Gasteiger partial charge on any atom is -0.480 e. The van der Waals surface area contributed by atoms with Crippen LogP contribution in [0.15, 0.2) is 45.8 Å². The standard InChI is InChI=1S/C14H10BrClFNO5S/c15-8-1-3-12(11(17)5-8)18-24(21,22)9-2-4-13(10(16)6-9)23-7-14(19)20/h1-6,18H,7H2,(H,19,20). The first-order valence-electron chi connectivity index (χ1n) is 6.31. The fourth-order valence-corrected chi connectivity index (χ4v) is 3.41. The fourth-order valence-electron chi connectivity index (χ4n) is 1.68. The quantitative estimate of drug-likeness (QED) is 0.720. The summed E-state index contributed by atoms with van der Waals surface area (Å²) in [5, 5.41) is 8.46. The zero-order chi connectivity index (χ0) is 17.9. The highest BCUT2D eigenvalue weighted by atomic mass is 79.9. The van der Waals surface area contributed by atoms with E-state index in [1.54, 1.807) is 0 Å². The van der Waals surface area contributed by atoms with Crippen LogP contribution in [0.5, 0.6) is 5.75 Å². The summed E-state index contributed by atoms with van der Waals surface area (Å²) in [5.74, 6) is -1.93. The van der Waals surface area contributed by atoms with E-state index >= 15 is 0 Å². The largest absolute Gasteiger partial charge is 0.480 e. The van der Waals surface area contributed by atoms with E-state index in [1.165, 1.54) is 24.3 Å². The molecule has 0 fully saturated rings. The number of carboxylic acids is 1. The molecule has 2 aromatic carbocycles. The van der Waals surface area contributed by atoms with Crippen LogP contribution in [0, 0.1) is 5.82 Å². The van der Waals surface area contributed by atoms with Gasteiger partial charge in [-0.15, -0.1) is 0 Å². The number of halogens is 3. The maximum atomic E-state index is 13.8. The molecule has 2 aromatic rings. The summed E-state index contributed by atoms with van der Waals surface area (Å²) in [6.07, 6.45) is 0. The molecule has 0 heterocycles. The second-order valence-corrected chi connectivity index (χ2v) is 7.51. The molecule has 0 radical (unpaired) electrons. The summed E-state index contributed by atoms with van der Waals surface area (Å²) in [7, 11) is -4.08. The van der Waals surface area contributed by atoms with Crippen molar-refractivity contribution in [2.24, 2.45) is 0 Å². The van der Waals surface area contributed by atoms with Gasteiger partial charge in [-0.3, -0.25) is 4.72 Å². The smallest absolute Gasteiger partial charge is 0.341 e. The number of rotatable bonds is 6. The van der Waals surface area contributed by atoms with Gasteiger partial charge < -0.3 is 9.84 Å². The van der Waals surface area contributed by atoms with E-state index in [2.05, 4.69) is 20.7 Å². The first-order chi connectivity index (χ1) is 11.2. The third kappa shape index (κ3) is 4.59. The summed E-state index contributed by atoms with van der Waals surface area (Å²) in [5.41, 5.74) is -0.222. The van der Waals surface area contributed by atoms with Gasteiger partial charge in [-0.2, -0.15) is 0 Å². The molecule has 0 aliphatic rings. The van der Waals surface area contributed by atoms with Gasteiger partial charge in [-0.25, -0.2) is 17.6 Å². The Kier molecular flexibility index (Phi) is 5.68. The Labute approximate surface area is 150 Å². The molecule has 0 bridgehead atoms. The molecule has 2 N–H and O–H groups in total. The Bertz CT molecular complexity index is 891. The van der Waals surface area contributed by atoms with Crippen LogP contribution in [0.2, 0.25) is 5.02 Å². The third-order valence-corrected chi connectivity index (χ3v) is 4.89. The van der Waals surface area contributed by atoms with Gasteiger partial charge in [0.05, 0.1) is 15.6 Å². The number of aliphatic carboxylic acids is 1. The van der Waals surface area contributed by atoms with E-state index < -0.39 is 28.4 Å². The predicted molar refractivity (Wildman–Crippen MR) is 89.5 cm³/mol. The molecule has 10 heteroatoms. The maximum absolute atomic E-state index is 13.8. The van der Waals surface area contributed by atoms with Gasteiger partial charge in [0.2, 0.25) is 0 Å². The van der Waals surface area contributed by atoms with Crippen molar-refractivity contribution in [3.63, 3.8) is 0 Å². The van der Waals surface area contributed by atoms with E-state index in [4.69, 9.17) is 21.4 Å². The highest BCUT2D eigenvalue weighted by Gasteiger charge is 2.18. The van der Waals surface area contributed by atoms with Crippen molar-refractivity contribution >= 4 is 49.2 Å². The van der Waals surface area contributed by atoms with E-state index in [1.807, 2.05) is 0 Å². The topological polar surface area (TPSA) is 92.7 Å². The summed E-state index contributed by atoms with van der Waals surface area (Å²) < 4.78 is 45.8. The van der Waals surface area contributed by atoms with Gasteiger partial charge in [0, 0.05) is 4.47 Å². The van der Waals surface area contributed by atoms with Gasteiger partial charge in [0.25, 0.3) is 10.0 Å². The molecule has 0 aliphatic carbocycles. The molecule has 0 atom stereocenters. The first-order valence-corrected chi connectivity index (χ1v) is 8.96. The molecule has 0 spiro atoms. The molecule has 0 aromatic heterocycles. The van der Waals surface area contributed by atoms with Gasteiger partial charge in [0.15, 0.2) is 6.61 Å². The zero-order valence-corrected chi connectivity index (χ0v) is 15.0. The summed E-state index contributed by atoms with van der Waals surface area (Å²) in [6.45, 7) is -0.617. The van der Waals surface area contributed by atoms with Crippen molar-refractivity contribution in [3.8, 4) is 5.75 Å². The Morgan fingerprint density at radius 2 is 2.00 bits per heavy atom. The molecule has 0 saturated carbocycles. The third-order valence-electron chi connectivity index (χ3n) is 2.74. The Hall–Kier alpha value is -1.84. The van der Waals surface area contributed by atoms with E-state index in [9.17, 15) is 17.6 Å². The van der Waals surface area contributed by atoms with Crippen molar-refractivity contribution in [2.75, 3.05) is 11.3 Å². The number of benzene rings is 2. The molecular weight excluding hydrogens is 429 g/mol. The van der Waals surface area contributed by atoms with Crippen molar-refractivity contribution in [3.05, 3.63) is 51.7 Å². The molecule has 24 heavy (non-hydrogen) atoms. The SMILES string of the molecule is O=C(O)COc1ccc(S(=O)(=O)Nc2ccc(Br)cc2F)cc1Cl. The number of nitrogens with one attached hydrogen (secondary N) is 1. The van der Waals surface area contributed by atoms with Crippen LogP contribution in [0.1, 0.15) is 0 Å². The van der Waals surface area contributed by atoms with Gasteiger partial charge in [0.1, 0.15) is 11.6 Å². The highest BCUT2D eigenvalue weighted by Crippen LogP contribution is 2.29. The number of carbonyl (C=O) groups is 1. The normalized spacial score (nSPS) is 11.1. The number of sulfonamides is 1. The molecule has 128 valence electrons. The van der Waals surface area contributed by atoms with Gasteiger partial charge in [-0.1, -0.05) is 27.5 Å². The number of ether oxygens (including phenoxy) is 1. The predicted octanol–water partition coefficient (Wildman–Crippen LogP) is 3.51. The molecule has 0 saturated heterocycles. The van der Waals surface area contributed by atoms with Crippen molar-refractivity contribution in [2.45, 2.75) is 4.90 Å². The van der Waals surface area contributed by atoms with Crippen LogP contribution in [0.25, 0.3) is 0 Å². The molecule has 0 amide bonds. The monoisotopic (exact) mass is 437 g/mol. The van der Waals surface area contributed by atoms with Crippen LogP contribution in [-0.4, -0.2) is 26.1 Å². The molecule has 0 aliphatic heterocycles. The Morgan fingerprint density at radius 1 is 1.29 bits per heavy atom. The van der Waals surface area contributed by atoms with E-state index in [0.29, 0.717) is 4.47 Å². The van der Waals surface area contributed by atoms with E-state index in [-0.39, 0.29) is 21.4 Å². The maximum Gasteiger partial charge on any atom is 0.341 e. The first kappa shape index (κ1) is 18.5. The Balaban J connectivity index is 2.26. The fraction of sp³-hybridized carbons (Fsp3) is 0.0714. The number of hydrogen-bond acceptors (Lipinski definition) is 4. The second-order valence-electron chi connectivity index (χ2n) is 4.50. The molecule has 0 unspecified atom stereocenters. The molecule has 2 rings (SSSR count). The summed E-state index contributed by atoms with van der Waals surface area (Å²) in [4.78, 5) is 10.2. The minimum absolute atomic E-state index is 0.0211. The Morgan fingerprint density at radius 3 is 2.58 bits per heavy atom. The van der Waals surface area contributed by atoms with Gasteiger partial charge in [-0.05, 0) is 36.4 Å². The summed E-state index contributed by atoms with van der Waals surface area (Å²) in [6, 6.07) is 7.34. The van der Waals surface area contributed by atoms with Crippen LogP contribution < -0.4 is 9.46 Å². The van der Waals surface area contributed by atoms with Crippen molar-refractivity contribution in [1.82, 2.24) is 0 Å². The van der Waals surface area contributed by atoms with E-state index in [0.717, 1.165) is 12.1 Å². The second kappa shape index (κ2) is 7.37. The van der Waals surface area contributed by atoms with Crippen LogP contribution in [0.4, 0.5) is 10.1 Å². The average molecular weight is 439 g/mol. The lowest BCUT2D eigenvalue weighted by Gasteiger charge is -2.11. The van der Waals surface area contributed by atoms with Gasteiger partial charge >= 0.3 is 5.97 Å². The zero-order valence-electron chi connectivity index (χ0n) is 11.8. The molecular formula is C14H10BrClFNO5S. The van der Waals surface area contributed by atoms with Crippen molar-refractivity contribution < 1.29 is 27.4 Å². The number of carboxylic acid groups (broad SMARTS) is 1. The van der Waals surface area contributed by atoms with Crippen LogP contribution in [-0.2, 0) is 14.8 Å². The summed E-state index contributed by atoms with van der Waals surface area (Å²) >= 11 is 8.96. The minimum atomic E-state index is -4.08.